The summed E-state index contributed by atoms with van der Waals surface area (Å²) in [7, 11) is 1.49. The molecule has 1 atom stereocenters. The summed E-state index contributed by atoms with van der Waals surface area (Å²) in [5, 5.41) is 0. The Kier molecular flexibility index (Phi) is 2.39. The fourth-order valence-electron chi connectivity index (χ4n) is 0.575. The van der Waals surface area contributed by atoms with Crippen LogP contribution in [0.15, 0.2) is 17.0 Å². The van der Waals surface area contributed by atoms with Crippen LogP contribution >= 0.6 is 16.1 Å². The predicted octanol–water partition coefficient (Wildman–Crippen LogP) is 1.42. The van der Waals surface area contributed by atoms with Crippen LogP contribution in [0.25, 0.3) is 0 Å². The highest BCUT2D eigenvalue weighted by Crippen LogP contribution is 2.15. The fourth-order valence-corrected chi connectivity index (χ4v) is 1.04. The van der Waals surface area contributed by atoms with E-state index in [4.69, 9.17) is 4.74 Å². The molecule has 0 aromatic heterocycles. The largest absolute Gasteiger partial charge is 0.342 e. The third-order valence-electron chi connectivity index (χ3n) is 0.994. The van der Waals surface area contributed by atoms with Crippen molar-refractivity contribution in [2.24, 2.45) is 4.99 Å². The SMILES string of the molecule is COC1N=CC(F)=CN1Br. The van der Waals surface area contributed by atoms with Crippen molar-refractivity contribution in [2.45, 2.75) is 6.35 Å². The maximum atomic E-state index is 12.3. The van der Waals surface area contributed by atoms with Crippen molar-refractivity contribution >= 4 is 22.4 Å². The molecule has 0 aromatic rings. The summed E-state index contributed by atoms with van der Waals surface area (Å²) in [5.74, 6) is -0.398. The van der Waals surface area contributed by atoms with Crippen molar-refractivity contribution in [3.8, 4) is 0 Å². The number of methoxy groups -OCH3 is 1. The lowest BCUT2D eigenvalue weighted by Gasteiger charge is -2.20. The van der Waals surface area contributed by atoms with Gasteiger partial charge in [-0.2, -0.15) is 0 Å². The first-order valence-corrected chi connectivity index (χ1v) is 3.32. The molecule has 56 valence electrons. The Morgan fingerprint density at radius 1 is 1.90 bits per heavy atom. The van der Waals surface area contributed by atoms with E-state index < -0.39 is 12.2 Å². The summed E-state index contributed by atoms with van der Waals surface area (Å²) in [6, 6.07) is 0. The number of hydrogen-bond donors (Lipinski definition) is 0. The molecule has 1 unspecified atom stereocenters. The molecular formula is C5H6BrFN2O. The Hall–Kier alpha value is -0.420. The van der Waals surface area contributed by atoms with E-state index in [1.54, 1.807) is 0 Å². The zero-order valence-electron chi connectivity index (χ0n) is 5.29. The lowest BCUT2D eigenvalue weighted by molar-refractivity contribution is 0.0502. The summed E-state index contributed by atoms with van der Waals surface area (Å²) >= 11 is 3.03. The molecular weight excluding hydrogens is 203 g/mol. The van der Waals surface area contributed by atoms with Gasteiger partial charge in [-0.05, 0) is 0 Å². The Morgan fingerprint density at radius 2 is 2.60 bits per heavy atom. The molecule has 0 radical (unpaired) electrons. The average Bonchev–Trinajstić information content (AvgIpc) is 1.88. The number of aliphatic imine (C=N–C) groups is 1. The van der Waals surface area contributed by atoms with E-state index in [1.165, 1.54) is 17.2 Å². The Morgan fingerprint density at radius 3 is 3.10 bits per heavy atom. The molecule has 10 heavy (non-hydrogen) atoms. The molecule has 1 rings (SSSR count). The first-order valence-electron chi connectivity index (χ1n) is 2.61. The first kappa shape index (κ1) is 7.68. The van der Waals surface area contributed by atoms with Gasteiger partial charge in [0, 0.05) is 7.11 Å². The van der Waals surface area contributed by atoms with Crippen LogP contribution in [0.2, 0.25) is 0 Å². The molecule has 0 saturated heterocycles. The van der Waals surface area contributed by atoms with Gasteiger partial charge in [-0.25, -0.2) is 9.38 Å². The maximum Gasteiger partial charge on any atom is 0.237 e. The lowest BCUT2D eigenvalue weighted by Crippen LogP contribution is -2.24. The maximum absolute atomic E-state index is 12.3. The summed E-state index contributed by atoms with van der Waals surface area (Å²) in [5.41, 5.74) is 0. The van der Waals surface area contributed by atoms with Gasteiger partial charge in [0.05, 0.1) is 28.6 Å². The number of nitrogens with zero attached hydrogens (tertiary/aromatic N) is 2. The third kappa shape index (κ3) is 1.54. The van der Waals surface area contributed by atoms with Crippen molar-refractivity contribution in [2.75, 3.05) is 7.11 Å². The molecule has 0 aromatic carbocycles. The van der Waals surface area contributed by atoms with Crippen LogP contribution in [-0.4, -0.2) is 23.6 Å². The van der Waals surface area contributed by atoms with E-state index in [1.807, 2.05) is 0 Å². The highest BCUT2D eigenvalue weighted by atomic mass is 79.9. The van der Waals surface area contributed by atoms with Gasteiger partial charge in [0.15, 0.2) is 5.83 Å². The predicted molar refractivity (Wildman–Crippen MR) is 39.2 cm³/mol. The second-order valence-electron chi connectivity index (χ2n) is 1.70. The van der Waals surface area contributed by atoms with Crippen LogP contribution in [0.1, 0.15) is 0 Å². The van der Waals surface area contributed by atoms with E-state index >= 15 is 0 Å². The Labute approximate surface area is 66.5 Å². The molecule has 0 spiro atoms. The van der Waals surface area contributed by atoms with Gasteiger partial charge in [-0.3, -0.25) is 3.93 Å². The number of allylic oxidation sites excluding steroid dienone is 1. The van der Waals surface area contributed by atoms with E-state index in [0.717, 1.165) is 6.21 Å². The molecule has 0 N–H and O–H groups in total. The first-order chi connectivity index (χ1) is 4.74. The Bertz CT molecular complexity index is 182. The topological polar surface area (TPSA) is 24.8 Å². The van der Waals surface area contributed by atoms with Gasteiger partial charge in [0.1, 0.15) is 0 Å². The van der Waals surface area contributed by atoms with Crippen molar-refractivity contribution < 1.29 is 9.13 Å². The molecule has 1 aliphatic rings. The zero-order chi connectivity index (χ0) is 7.56. The monoisotopic (exact) mass is 208 g/mol. The van der Waals surface area contributed by atoms with Gasteiger partial charge in [0.25, 0.3) is 0 Å². The lowest BCUT2D eigenvalue weighted by atomic mass is 10.5. The highest BCUT2D eigenvalue weighted by Gasteiger charge is 2.14. The molecule has 1 aliphatic heterocycles. The highest BCUT2D eigenvalue weighted by molar-refractivity contribution is 9.07. The van der Waals surface area contributed by atoms with Crippen LogP contribution < -0.4 is 0 Å². The molecule has 0 amide bonds. The average molecular weight is 209 g/mol. The molecule has 0 saturated carbocycles. The zero-order valence-corrected chi connectivity index (χ0v) is 6.88. The van der Waals surface area contributed by atoms with Gasteiger partial charge < -0.3 is 4.74 Å². The van der Waals surface area contributed by atoms with Crippen molar-refractivity contribution in [3.05, 3.63) is 12.0 Å². The second-order valence-corrected chi connectivity index (χ2v) is 2.52. The minimum absolute atomic E-state index is 0.398. The summed E-state index contributed by atoms with van der Waals surface area (Å²) in [6.45, 7) is 0. The van der Waals surface area contributed by atoms with Crippen LogP contribution in [0.3, 0.4) is 0 Å². The van der Waals surface area contributed by atoms with E-state index in [0.29, 0.717) is 0 Å². The molecule has 0 fully saturated rings. The van der Waals surface area contributed by atoms with Crippen molar-refractivity contribution in [3.63, 3.8) is 0 Å². The van der Waals surface area contributed by atoms with Gasteiger partial charge in [-0.1, -0.05) is 0 Å². The minimum Gasteiger partial charge on any atom is -0.342 e. The fraction of sp³-hybridized carbons (Fsp3) is 0.400. The molecule has 5 heteroatoms. The minimum atomic E-state index is -0.459. The van der Waals surface area contributed by atoms with Gasteiger partial charge >= 0.3 is 0 Å². The van der Waals surface area contributed by atoms with E-state index in [9.17, 15) is 4.39 Å². The Balaban J connectivity index is 2.64. The standard InChI is InChI=1S/C5H6BrFN2O/c1-10-5-8-2-4(7)3-9(5)6/h2-3,5H,1H3. The molecule has 3 nitrogen and oxygen atoms in total. The van der Waals surface area contributed by atoms with Crippen LogP contribution in [0.4, 0.5) is 4.39 Å². The smallest absolute Gasteiger partial charge is 0.237 e. The summed E-state index contributed by atoms with van der Waals surface area (Å²) in [4.78, 5) is 3.70. The second kappa shape index (κ2) is 3.12. The number of hydrogen-bond acceptors (Lipinski definition) is 3. The number of rotatable bonds is 1. The van der Waals surface area contributed by atoms with Crippen LogP contribution in [-0.2, 0) is 4.74 Å². The van der Waals surface area contributed by atoms with Crippen molar-refractivity contribution in [1.29, 1.82) is 0 Å². The molecule has 0 bridgehead atoms. The van der Waals surface area contributed by atoms with Crippen LogP contribution in [0, 0.1) is 0 Å². The van der Waals surface area contributed by atoms with E-state index in [-0.39, 0.29) is 0 Å². The third-order valence-corrected chi connectivity index (χ3v) is 1.55. The molecule has 1 heterocycles. The molecule has 0 aliphatic carbocycles. The summed E-state index contributed by atoms with van der Waals surface area (Å²) < 4.78 is 18.5. The van der Waals surface area contributed by atoms with Crippen molar-refractivity contribution in [1.82, 2.24) is 3.93 Å². The normalized spacial score (nSPS) is 24.9. The van der Waals surface area contributed by atoms with Gasteiger partial charge in [0.2, 0.25) is 6.35 Å². The number of halogens is 2. The number of ether oxygens (including phenoxy) is 1. The van der Waals surface area contributed by atoms with E-state index in [2.05, 4.69) is 21.1 Å². The van der Waals surface area contributed by atoms with Crippen LogP contribution in [0.5, 0.6) is 0 Å². The van der Waals surface area contributed by atoms with Gasteiger partial charge in [-0.15, -0.1) is 0 Å². The quantitative estimate of drug-likeness (QED) is 0.610. The summed E-state index contributed by atoms with van der Waals surface area (Å²) in [6.07, 6.45) is 1.91.